The number of anilines is 1. The smallest absolute Gasteiger partial charge is 0.312 e. The van der Waals surface area contributed by atoms with Gasteiger partial charge in [0, 0.05) is 19.3 Å². The van der Waals surface area contributed by atoms with E-state index in [0.29, 0.717) is 33.8 Å². The summed E-state index contributed by atoms with van der Waals surface area (Å²) in [6.45, 7) is 0.128. The first kappa shape index (κ1) is 21.8. The number of esters is 1. The number of carbonyl (C=O) groups excluding carboxylic acids is 2. The quantitative estimate of drug-likeness (QED) is 0.341. The van der Waals surface area contributed by atoms with Crippen molar-refractivity contribution in [2.75, 3.05) is 12.4 Å². The number of para-hydroxylation sites is 1. The van der Waals surface area contributed by atoms with Gasteiger partial charge < -0.3 is 14.8 Å². The van der Waals surface area contributed by atoms with Gasteiger partial charge in [-0.3, -0.25) is 23.6 Å². The molecular formula is C23H21N5O5. The van der Waals surface area contributed by atoms with Gasteiger partial charge in [-0.05, 0) is 36.4 Å². The first-order valence-corrected chi connectivity index (χ1v) is 10.1. The zero-order valence-corrected chi connectivity index (χ0v) is 18.0. The summed E-state index contributed by atoms with van der Waals surface area (Å²) >= 11 is 0. The largest absolute Gasteiger partial charge is 0.496 e. The molecule has 0 unspecified atom stereocenters. The highest BCUT2D eigenvalue weighted by molar-refractivity contribution is 6.06. The number of nitrogens with zero attached hydrogens (tertiary/aromatic N) is 4. The molecule has 0 fully saturated rings. The molecule has 0 atom stereocenters. The number of aromatic nitrogens is 4. The molecule has 4 aromatic rings. The first-order chi connectivity index (χ1) is 16.0. The second-order valence-corrected chi connectivity index (χ2v) is 7.15. The molecule has 0 saturated heterocycles. The van der Waals surface area contributed by atoms with E-state index >= 15 is 0 Å². The average Bonchev–Trinajstić information content (AvgIpc) is 3.21. The second-order valence-electron chi connectivity index (χ2n) is 7.15. The molecule has 1 amide bonds. The molecule has 168 valence electrons. The standard InChI is InChI=1S/C23H21N5O5/c1-27-21-18(13-25-27)23(31)28(14-24-21)12-11-20(29)33-16-9-7-15(8-10-16)26-22(30)17-5-3-4-6-19(17)32-2/h3-10,13-14H,11-12H2,1-2H3,(H,26,30). The Morgan fingerprint density at radius 3 is 2.61 bits per heavy atom. The molecule has 33 heavy (non-hydrogen) atoms. The molecule has 10 nitrogen and oxygen atoms in total. The third kappa shape index (κ3) is 4.74. The Hall–Kier alpha value is -4.47. The van der Waals surface area contributed by atoms with Gasteiger partial charge in [-0.15, -0.1) is 0 Å². The molecule has 0 aliphatic carbocycles. The molecule has 1 N–H and O–H groups in total. The van der Waals surface area contributed by atoms with Gasteiger partial charge in [0.25, 0.3) is 11.5 Å². The van der Waals surface area contributed by atoms with Crippen LogP contribution < -0.4 is 20.3 Å². The number of methoxy groups -OCH3 is 1. The van der Waals surface area contributed by atoms with Crippen molar-refractivity contribution in [3.05, 3.63) is 77.0 Å². The minimum absolute atomic E-state index is 0.0142. The molecule has 2 aromatic carbocycles. The lowest BCUT2D eigenvalue weighted by Crippen LogP contribution is -2.23. The van der Waals surface area contributed by atoms with E-state index in [1.165, 1.54) is 28.9 Å². The zero-order valence-electron chi connectivity index (χ0n) is 18.0. The molecule has 10 heteroatoms. The van der Waals surface area contributed by atoms with Gasteiger partial charge in [0.2, 0.25) is 0 Å². The van der Waals surface area contributed by atoms with Crippen LogP contribution >= 0.6 is 0 Å². The predicted molar refractivity (Wildman–Crippen MR) is 120 cm³/mol. The number of ether oxygens (including phenoxy) is 2. The van der Waals surface area contributed by atoms with E-state index in [1.807, 2.05) is 0 Å². The second kappa shape index (κ2) is 9.35. The highest BCUT2D eigenvalue weighted by atomic mass is 16.5. The van der Waals surface area contributed by atoms with Gasteiger partial charge in [-0.1, -0.05) is 12.1 Å². The van der Waals surface area contributed by atoms with Crippen LogP contribution in [0.3, 0.4) is 0 Å². The Labute approximate surface area is 188 Å². The molecule has 0 saturated carbocycles. The van der Waals surface area contributed by atoms with Crippen LogP contribution in [0.2, 0.25) is 0 Å². The minimum atomic E-state index is -0.501. The van der Waals surface area contributed by atoms with E-state index in [-0.39, 0.29) is 24.4 Å². The van der Waals surface area contributed by atoms with Crippen LogP contribution in [-0.2, 0) is 18.4 Å². The summed E-state index contributed by atoms with van der Waals surface area (Å²) in [5, 5.41) is 7.18. The van der Waals surface area contributed by atoms with Gasteiger partial charge in [0.15, 0.2) is 5.65 Å². The number of carbonyl (C=O) groups is 2. The van der Waals surface area contributed by atoms with E-state index < -0.39 is 5.97 Å². The summed E-state index contributed by atoms with van der Waals surface area (Å²) < 4.78 is 13.4. The maximum absolute atomic E-state index is 12.5. The maximum Gasteiger partial charge on any atom is 0.312 e. The maximum atomic E-state index is 12.5. The Balaban J connectivity index is 1.34. The Morgan fingerprint density at radius 2 is 1.85 bits per heavy atom. The summed E-state index contributed by atoms with van der Waals surface area (Å²) in [5.41, 5.74) is 1.16. The number of aryl methyl sites for hydroxylation is 2. The summed E-state index contributed by atoms with van der Waals surface area (Å²) in [5.74, 6) is -0.0261. The van der Waals surface area contributed by atoms with Crippen molar-refractivity contribution in [3.63, 3.8) is 0 Å². The van der Waals surface area contributed by atoms with E-state index in [4.69, 9.17) is 9.47 Å². The fraction of sp³-hybridized carbons (Fsp3) is 0.174. The van der Waals surface area contributed by atoms with Crippen molar-refractivity contribution in [3.8, 4) is 11.5 Å². The van der Waals surface area contributed by atoms with Crippen LogP contribution in [0.4, 0.5) is 5.69 Å². The predicted octanol–water partition coefficient (Wildman–Crippen LogP) is 2.39. The summed E-state index contributed by atoms with van der Waals surface area (Å²) in [4.78, 5) is 41.4. The van der Waals surface area contributed by atoms with Crippen molar-refractivity contribution in [2.45, 2.75) is 13.0 Å². The van der Waals surface area contributed by atoms with Gasteiger partial charge in [-0.2, -0.15) is 5.10 Å². The summed E-state index contributed by atoms with van der Waals surface area (Å²) in [6, 6.07) is 13.3. The minimum Gasteiger partial charge on any atom is -0.496 e. The number of fused-ring (bicyclic) bond motifs is 1. The van der Waals surface area contributed by atoms with Crippen LogP contribution in [0, 0.1) is 0 Å². The number of rotatable bonds is 7. The fourth-order valence-electron chi connectivity index (χ4n) is 3.26. The highest BCUT2D eigenvalue weighted by Gasteiger charge is 2.13. The normalized spacial score (nSPS) is 10.7. The lowest BCUT2D eigenvalue weighted by atomic mass is 10.2. The van der Waals surface area contributed by atoms with Gasteiger partial charge >= 0.3 is 5.97 Å². The van der Waals surface area contributed by atoms with Crippen LogP contribution in [0.15, 0.2) is 65.8 Å². The van der Waals surface area contributed by atoms with E-state index in [9.17, 15) is 14.4 Å². The third-order valence-electron chi connectivity index (χ3n) is 4.97. The summed E-state index contributed by atoms with van der Waals surface area (Å²) in [6.07, 6.45) is 2.83. The molecule has 2 aromatic heterocycles. The lowest BCUT2D eigenvalue weighted by Gasteiger charge is -2.10. The molecule has 0 radical (unpaired) electrons. The molecule has 4 rings (SSSR count). The molecule has 0 aliphatic rings. The Bertz CT molecular complexity index is 1370. The van der Waals surface area contributed by atoms with Gasteiger partial charge in [-0.25, -0.2) is 4.98 Å². The van der Waals surface area contributed by atoms with Crippen LogP contribution in [0.1, 0.15) is 16.8 Å². The third-order valence-corrected chi connectivity index (χ3v) is 4.97. The Kier molecular flexibility index (Phi) is 6.16. The molecule has 0 aliphatic heterocycles. The zero-order chi connectivity index (χ0) is 23.4. The molecular weight excluding hydrogens is 426 g/mol. The molecule has 0 bridgehead atoms. The monoisotopic (exact) mass is 447 g/mol. The van der Waals surface area contributed by atoms with Gasteiger partial charge in [0.05, 0.1) is 31.6 Å². The lowest BCUT2D eigenvalue weighted by molar-refractivity contribution is -0.134. The number of amides is 1. The number of benzene rings is 2. The van der Waals surface area contributed by atoms with E-state index in [1.54, 1.807) is 55.6 Å². The van der Waals surface area contributed by atoms with Crippen molar-refractivity contribution in [1.29, 1.82) is 0 Å². The SMILES string of the molecule is COc1ccccc1C(=O)Nc1ccc(OC(=O)CCn2cnc3c(cnn3C)c2=O)cc1. The highest BCUT2D eigenvalue weighted by Crippen LogP contribution is 2.21. The van der Waals surface area contributed by atoms with Crippen molar-refractivity contribution in [2.24, 2.45) is 7.05 Å². The molecule has 0 spiro atoms. The van der Waals surface area contributed by atoms with E-state index in [2.05, 4.69) is 15.4 Å². The average molecular weight is 447 g/mol. The molecule has 2 heterocycles. The van der Waals surface area contributed by atoms with Crippen molar-refractivity contribution < 1.29 is 19.1 Å². The number of hydrogen-bond donors (Lipinski definition) is 1. The van der Waals surface area contributed by atoms with Crippen molar-refractivity contribution >= 4 is 28.6 Å². The van der Waals surface area contributed by atoms with Crippen LogP contribution in [0.25, 0.3) is 11.0 Å². The Morgan fingerprint density at radius 1 is 1.09 bits per heavy atom. The topological polar surface area (TPSA) is 117 Å². The van der Waals surface area contributed by atoms with Crippen LogP contribution in [-0.4, -0.2) is 38.3 Å². The number of nitrogens with one attached hydrogen (secondary N) is 1. The van der Waals surface area contributed by atoms with Crippen molar-refractivity contribution in [1.82, 2.24) is 19.3 Å². The fourth-order valence-corrected chi connectivity index (χ4v) is 3.26. The number of hydrogen-bond acceptors (Lipinski definition) is 7. The van der Waals surface area contributed by atoms with Crippen LogP contribution in [0.5, 0.6) is 11.5 Å². The van der Waals surface area contributed by atoms with Gasteiger partial charge in [0.1, 0.15) is 16.9 Å². The van der Waals surface area contributed by atoms with E-state index in [0.717, 1.165) is 0 Å². The first-order valence-electron chi connectivity index (χ1n) is 10.1. The summed E-state index contributed by atoms with van der Waals surface area (Å²) in [7, 11) is 3.20.